The standard InChI is InChI=1S/C13H17ClOS/c14-12-8-4-5-10(9-15)13(12)16-11-6-2-1-3-7-11/h4-5,8,11,15H,1-3,6-7,9H2. The molecule has 88 valence electrons. The highest BCUT2D eigenvalue weighted by Crippen LogP contribution is 2.38. The quantitative estimate of drug-likeness (QED) is 0.872. The SMILES string of the molecule is OCc1cccc(Cl)c1SC1CCCCC1. The molecule has 1 aliphatic rings. The van der Waals surface area contributed by atoms with Gasteiger partial charge in [0.1, 0.15) is 0 Å². The Balaban J connectivity index is 2.12. The van der Waals surface area contributed by atoms with Gasteiger partial charge in [-0.25, -0.2) is 0 Å². The fourth-order valence-corrected chi connectivity index (χ4v) is 3.85. The zero-order valence-corrected chi connectivity index (χ0v) is 10.9. The predicted octanol–water partition coefficient (Wildman–Crippen LogP) is 4.26. The number of aliphatic hydroxyl groups is 1. The number of benzene rings is 1. The van der Waals surface area contributed by atoms with Gasteiger partial charge in [-0.2, -0.15) is 0 Å². The van der Waals surface area contributed by atoms with E-state index in [1.807, 2.05) is 30.0 Å². The van der Waals surface area contributed by atoms with E-state index in [1.165, 1.54) is 32.1 Å². The van der Waals surface area contributed by atoms with Gasteiger partial charge >= 0.3 is 0 Å². The van der Waals surface area contributed by atoms with Crippen molar-refractivity contribution >= 4 is 23.4 Å². The molecule has 0 heterocycles. The van der Waals surface area contributed by atoms with Crippen molar-refractivity contribution in [2.24, 2.45) is 0 Å². The first kappa shape index (κ1) is 12.3. The lowest BCUT2D eigenvalue weighted by Crippen LogP contribution is -2.08. The number of rotatable bonds is 3. The highest BCUT2D eigenvalue weighted by Gasteiger charge is 2.17. The lowest BCUT2D eigenvalue weighted by Gasteiger charge is -2.22. The van der Waals surface area contributed by atoms with E-state index in [0.29, 0.717) is 5.25 Å². The molecule has 3 heteroatoms. The molecule has 0 amide bonds. The molecule has 1 aromatic carbocycles. The summed E-state index contributed by atoms with van der Waals surface area (Å²) in [7, 11) is 0. The van der Waals surface area contributed by atoms with Crippen LogP contribution in [0.2, 0.25) is 5.02 Å². The maximum Gasteiger partial charge on any atom is 0.0693 e. The molecule has 16 heavy (non-hydrogen) atoms. The summed E-state index contributed by atoms with van der Waals surface area (Å²) in [4.78, 5) is 1.08. The molecule has 0 aliphatic heterocycles. The highest BCUT2D eigenvalue weighted by atomic mass is 35.5. The first-order valence-electron chi connectivity index (χ1n) is 5.86. The summed E-state index contributed by atoms with van der Waals surface area (Å²) in [6.07, 6.45) is 6.58. The van der Waals surface area contributed by atoms with Gasteiger partial charge < -0.3 is 5.11 Å². The Morgan fingerprint density at radius 3 is 2.69 bits per heavy atom. The second-order valence-electron chi connectivity index (χ2n) is 4.26. The first-order chi connectivity index (χ1) is 7.81. The van der Waals surface area contributed by atoms with Crippen LogP contribution in [0.1, 0.15) is 37.7 Å². The molecule has 1 saturated carbocycles. The summed E-state index contributed by atoms with van der Waals surface area (Å²) in [5.41, 5.74) is 0.961. The van der Waals surface area contributed by atoms with Crippen LogP contribution in [0.5, 0.6) is 0 Å². The molecular formula is C13H17ClOS. The Labute approximate surface area is 106 Å². The molecule has 0 unspecified atom stereocenters. The van der Waals surface area contributed by atoms with E-state index >= 15 is 0 Å². The molecule has 2 rings (SSSR count). The van der Waals surface area contributed by atoms with Crippen molar-refractivity contribution in [3.63, 3.8) is 0 Å². The summed E-state index contributed by atoms with van der Waals surface area (Å²) >= 11 is 8.05. The largest absolute Gasteiger partial charge is 0.392 e. The normalized spacial score (nSPS) is 17.6. The van der Waals surface area contributed by atoms with Crippen LogP contribution in [0, 0.1) is 0 Å². The fraction of sp³-hybridized carbons (Fsp3) is 0.538. The van der Waals surface area contributed by atoms with E-state index < -0.39 is 0 Å². The van der Waals surface area contributed by atoms with Gasteiger partial charge in [0, 0.05) is 10.1 Å². The lowest BCUT2D eigenvalue weighted by atomic mass is 10.0. The highest BCUT2D eigenvalue weighted by molar-refractivity contribution is 8.00. The Kier molecular flexibility index (Phi) is 4.56. The molecule has 1 fully saturated rings. The van der Waals surface area contributed by atoms with Crippen LogP contribution in [0.25, 0.3) is 0 Å². The maximum absolute atomic E-state index is 9.30. The van der Waals surface area contributed by atoms with Crippen molar-refractivity contribution in [1.29, 1.82) is 0 Å². The average Bonchev–Trinajstić information content (AvgIpc) is 2.33. The minimum Gasteiger partial charge on any atom is -0.392 e. The van der Waals surface area contributed by atoms with Gasteiger partial charge in [0.25, 0.3) is 0 Å². The Hall–Kier alpha value is -0.180. The lowest BCUT2D eigenvalue weighted by molar-refractivity contribution is 0.279. The van der Waals surface area contributed by atoms with Gasteiger partial charge in [0.15, 0.2) is 0 Å². The third-order valence-corrected chi connectivity index (χ3v) is 5.01. The molecular weight excluding hydrogens is 240 g/mol. The average molecular weight is 257 g/mol. The van der Waals surface area contributed by atoms with Crippen molar-refractivity contribution in [1.82, 2.24) is 0 Å². The Morgan fingerprint density at radius 1 is 1.25 bits per heavy atom. The van der Waals surface area contributed by atoms with Crippen molar-refractivity contribution < 1.29 is 5.11 Å². The van der Waals surface area contributed by atoms with Gasteiger partial charge in [0.05, 0.1) is 11.6 Å². The summed E-state index contributed by atoms with van der Waals surface area (Å²) in [6, 6.07) is 5.77. The zero-order chi connectivity index (χ0) is 11.4. The molecule has 0 aromatic heterocycles. The molecule has 0 radical (unpaired) electrons. The monoisotopic (exact) mass is 256 g/mol. The van der Waals surface area contributed by atoms with Crippen LogP contribution in [0.15, 0.2) is 23.1 Å². The van der Waals surface area contributed by atoms with Crippen molar-refractivity contribution in [3.05, 3.63) is 28.8 Å². The van der Waals surface area contributed by atoms with Crippen LogP contribution in [0.3, 0.4) is 0 Å². The molecule has 0 bridgehead atoms. The summed E-state index contributed by atoms with van der Waals surface area (Å²) in [5.74, 6) is 0. The van der Waals surface area contributed by atoms with E-state index in [1.54, 1.807) is 0 Å². The minimum absolute atomic E-state index is 0.0790. The van der Waals surface area contributed by atoms with Gasteiger partial charge in [0.2, 0.25) is 0 Å². The van der Waals surface area contributed by atoms with Crippen LogP contribution >= 0.6 is 23.4 Å². The second kappa shape index (κ2) is 5.95. The van der Waals surface area contributed by atoms with Crippen LogP contribution in [-0.2, 0) is 6.61 Å². The fourth-order valence-electron chi connectivity index (χ4n) is 2.16. The van der Waals surface area contributed by atoms with E-state index in [2.05, 4.69) is 0 Å². The molecule has 1 aromatic rings. The van der Waals surface area contributed by atoms with E-state index in [4.69, 9.17) is 11.6 Å². The number of hydrogen-bond donors (Lipinski definition) is 1. The smallest absolute Gasteiger partial charge is 0.0693 e. The molecule has 1 aliphatic carbocycles. The zero-order valence-electron chi connectivity index (χ0n) is 9.29. The van der Waals surface area contributed by atoms with Crippen LogP contribution < -0.4 is 0 Å². The Bertz CT molecular complexity index is 348. The summed E-state index contributed by atoms with van der Waals surface area (Å²) < 4.78 is 0. The number of thioether (sulfide) groups is 1. The van der Waals surface area contributed by atoms with Gasteiger partial charge in [-0.15, -0.1) is 11.8 Å². The number of hydrogen-bond acceptors (Lipinski definition) is 2. The van der Waals surface area contributed by atoms with Crippen molar-refractivity contribution in [2.75, 3.05) is 0 Å². The third kappa shape index (κ3) is 2.93. The molecule has 1 nitrogen and oxygen atoms in total. The number of aliphatic hydroxyl groups excluding tert-OH is 1. The third-order valence-electron chi connectivity index (χ3n) is 3.06. The maximum atomic E-state index is 9.30. The van der Waals surface area contributed by atoms with Gasteiger partial charge in [-0.05, 0) is 24.5 Å². The van der Waals surface area contributed by atoms with Crippen LogP contribution in [0.4, 0.5) is 0 Å². The molecule has 1 N–H and O–H groups in total. The van der Waals surface area contributed by atoms with Crippen LogP contribution in [-0.4, -0.2) is 10.4 Å². The second-order valence-corrected chi connectivity index (χ2v) is 5.98. The molecule has 0 saturated heterocycles. The molecule has 0 atom stereocenters. The summed E-state index contributed by atoms with van der Waals surface area (Å²) in [6.45, 7) is 0.0790. The molecule has 0 spiro atoms. The Morgan fingerprint density at radius 2 is 2.00 bits per heavy atom. The summed E-state index contributed by atoms with van der Waals surface area (Å²) in [5, 5.41) is 10.8. The van der Waals surface area contributed by atoms with Gasteiger partial charge in [-0.1, -0.05) is 43.0 Å². The number of halogens is 1. The minimum atomic E-state index is 0.0790. The first-order valence-corrected chi connectivity index (χ1v) is 7.12. The van der Waals surface area contributed by atoms with E-state index in [9.17, 15) is 5.11 Å². The topological polar surface area (TPSA) is 20.2 Å². The van der Waals surface area contributed by atoms with Crippen molar-refractivity contribution in [3.8, 4) is 0 Å². The predicted molar refractivity (Wildman–Crippen MR) is 70.1 cm³/mol. The van der Waals surface area contributed by atoms with Gasteiger partial charge in [-0.3, -0.25) is 0 Å². The van der Waals surface area contributed by atoms with E-state index in [-0.39, 0.29) is 6.61 Å². The van der Waals surface area contributed by atoms with Crippen molar-refractivity contribution in [2.45, 2.75) is 48.9 Å². The van der Waals surface area contributed by atoms with E-state index in [0.717, 1.165) is 15.5 Å².